The molecule has 1 amide bonds. The zero-order chi connectivity index (χ0) is 11.3. The average Bonchev–Trinajstić information content (AvgIpc) is 2.28. The highest BCUT2D eigenvalue weighted by Crippen LogP contribution is 2.26. The SMILES string of the molecule is CCC(C)c1ccccc1NC(=O)OC. The highest BCUT2D eigenvalue weighted by Gasteiger charge is 2.10. The van der Waals surface area contributed by atoms with Gasteiger partial charge >= 0.3 is 6.09 Å². The molecule has 1 atom stereocenters. The lowest BCUT2D eigenvalue weighted by atomic mass is 9.97. The normalized spacial score (nSPS) is 11.9. The van der Waals surface area contributed by atoms with Gasteiger partial charge in [-0.2, -0.15) is 0 Å². The highest BCUT2D eigenvalue weighted by atomic mass is 16.5. The zero-order valence-electron chi connectivity index (χ0n) is 9.41. The summed E-state index contributed by atoms with van der Waals surface area (Å²) in [5.41, 5.74) is 1.98. The van der Waals surface area contributed by atoms with Crippen LogP contribution in [0.4, 0.5) is 10.5 Å². The molecular weight excluding hydrogens is 190 g/mol. The lowest BCUT2D eigenvalue weighted by Gasteiger charge is -2.14. The number of carbonyl (C=O) groups excluding carboxylic acids is 1. The molecule has 0 aliphatic heterocycles. The number of anilines is 1. The van der Waals surface area contributed by atoms with Crippen molar-refractivity contribution in [1.29, 1.82) is 0 Å². The summed E-state index contributed by atoms with van der Waals surface area (Å²) in [7, 11) is 1.36. The van der Waals surface area contributed by atoms with Crippen molar-refractivity contribution in [3.8, 4) is 0 Å². The maximum absolute atomic E-state index is 11.1. The van der Waals surface area contributed by atoms with Crippen LogP contribution in [-0.4, -0.2) is 13.2 Å². The third-order valence-electron chi connectivity index (χ3n) is 2.53. The van der Waals surface area contributed by atoms with Crippen molar-refractivity contribution >= 4 is 11.8 Å². The van der Waals surface area contributed by atoms with Gasteiger partial charge in [-0.3, -0.25) is 5.32 Å². The van der Waals surface area contributed by atoms with Gasteiger partial charge < -0.3 is 4.74 Å². The first-order valence-electron chi connectivity index (χ1n) is 5.13. The van der Waals surface area contributed by atoms with Gasteiger partial charge in [0.2, 0.25) is 0 Å². The molecular formula is C12H17NO2. The van der Waals surface area contributed by atoms with Crippen LogP contribution in [0.1, 0.15) is 31.7 Å². The van der Waals surface area contributed by atoms with E-state index in [1.165, 1.54) is 7.11 Å². The largest absolute Gasteiger partial charge is 0.453 e. The number of rotatable bonds is 3. The molecule has 0 heterocycles. The summed E-state index contributed by atoms with van der Waals surface area (Å²) in [4.78, 5) is 11.1. The van der Waals surface area contributed by atoms with Crippen molar-refractivity contribution in [1.82, 2.24) is 0 Å². The van der Waals surface area contributed by atoms with Gasteiger partial charge in [0, 0.05) is 5.69 Å². The van der Waals surface area contributed by atoms with E-state index in [0.717, 1.165) is 17.7 Å². The lowest BCUT2D eigenvalue weighted by molar-refractivity contribution is 0.187. The van der Waals surface area contributed by atoms with Crippen LogP contribution in [-0.2, 0) is 4.74 Å². The first-order chi connectivity index (χ1) is 7.19. The first-order valence-corrected chi connectivity index (χ1v) is 5.13. The molecule has 1 aromatic rings. The second-order valence-corrected chi connectivity index (χ2v) is 3.51. The molecule has 3 heteroatoms. The summed E-state index contributed by atoms with van der Waals surface area (Å²) in [5, 5.41) is 2.71. The van der Waals surface area contributed by atoms with Crippen LogP contribution >= 0.6 is 0 Å². The molecule has 0 radical (unpaired) electrons. The molecule has 0 saturated heterocycles. The van der Waals surface area contributed by atoms with Crippen molar-refractivity contribution < 1.29 is 9.53 Å². The van der Waals surface area contributed by atoms with Gasteiger partial charge in [0.25, 0.3) is 0 Å². The van der Waals surface area contributed by atoms with E-state index in [2.05, 4.69) is 23.9 Å². The Bertz CT molecular complexity index is 336. The smallest absolute Gasteiger partial charge is 0.411 e. The predicted octanol–water partition coefficient (Wildman–Crippen LogP) is 3.38. The van der Waals surface area contributed by atoms with Crippen LogP contribution in [0.25, 0.3) is 0 Å². The minimum atomic E-state index is -0.425. The van der Waals surface area contributed by atoms with E-state index in [-0.39, 0.29) is 0 Å². The molecule has 0 aliphatic rings. The molecule has 0 spiro atoms. The molecule has 0 fully saturated rings. The van der Waals surface area contributed by atoms with Gasteiger partial charge in [0.1, 0.15) is 0 Å². The predicted molar refractivity (Wildman–Crippen MR) is 61.2 cm³/mol. The monoisotopic (exact) mass is 207 g/mol. The maximum atomic E-state index is 11.1. The number of hydrogen-bond acceptors (Lipinski definition) is 2. The Labute approximate surface area is 90.4 Å². The molecule has 1 unspecified atom stereocenters. The summed E-state index contributed by atoms with van der Waals surface area (Å²) in [6.07, 6.45) is 0.616. The minimum Gasteiger partial charge on any atom is -0.453 e. The topological polar surface area (TPSA) is 38.3 Å². The van der Waals surface area contributed by atoms with Gasteiger partial charge in [-0.15, -0.1) is 0 Å². The van der Waals surface area contributed by atoms with Crippen LogP contribution in [0.3, 0.4) is 0 Å². The molecule has 1 rings (SSSR count). The third-order valence-corrected chi connectivity index (χ3v) is 2.53. The van der Waals surface area contributed by atoms with E-state index < -0.39 is 6.09 Å². The van der Waals surface area contributed by atoms with E-state index in [1.54, 1.807) is 0 Å². The van der Waals surface area contributed by atoms with Crippen LogP contribution < -0.4 is 5.32 Å². The summed E-state index contributed by atoms with van der Waals surface area (Å²) < 4.78 is 4.57. The summed E-state index contributed by atoms with van der Waals surface area (Å²) in [6, 6.07) is 7.79. The number of methoxy groups -OCH3 is 1. The van der Waals surface area contributed by atoms with Gasteiger partial charge in [-0.1, -0.05) is 32.0 Å². The third kappa shape index (κ3) is 2.98. The minimum absolute atomic E-state index is 0.425. The van der Waals surface area contributed by atoms with E-state index in [4.69, 9.17) is 0 Å². The number of nitrogens with one attached hydrogen (secondary N) is 1. The molecule has 82 valence electrons. The fraction of sp³-hybridized carbons (Fsp3) is 0.417. The Hall–Kier alpha value is -1.51. The Balaban J connectivity index is 2.91. The Morgan fingerprint density at radius 3 is 2.73 bits per heavy atom. The van der Waals surface area contributed by atoms with Gasteiger partial charge in [-0.25, -0.2) is 4.79 Å². The number of ether oxygens (including phenoxy) is 1. The standard InChI is InChI=1S/C12H17NO2/c1-4-9(2)10-7-5-6-8-11(10)13-12(14)15-3/h5-9H,4H2,1-3H3,(H,13,14). The van der Waals surface area contributed by atoms with E-state index >= 15 is 0 Å². The quantitative estimate of drug-likeness (QED) is 0.825. The highest BCUT2D eigenvalue weighted by molar-refractivity contribution is 5.85. The second kappa shape index (κ2) is 5.39. The van der Waals surface area contributed by atoms with Crippen LogP contribution in [0, 0.1) is 0 Å². The van der Waals surface area contributed by atoms with Crippen LogP contribution in [0.15, 0.2) is 24.3 Å². The Morgan fingerprint density at radius 2 is 2.13 bits per heavy atom. The lowest BCUT2D eigenvalue weighted by Crippen LogP contribution is -2.13. The van der Waals surface area contributed by atoms with Crippen molar-refractivity contribution in [3.05, 3.63) is 29.8 Å². The van der Waals surface area contributed by atoms with Crippen molar-refractivity contribution in [2.75, 3.05) is 12.4 Å². The number of carbonyl (C=O) groups is 1. The van der Waals surface area contributed by atoms with E-state index in [9.17, 15) is 4.79 Å². The molecule has 0 aromatic heterocycles. The molecule has 0 bridgehead atoms. The average molecular weight is 207 g/mol. The Kier molecular flexibility index (Phi) is 4.16. The van der Waals surface area contributed by atoms with Gasteiger partial charge in [0.05, 0.1) is 7.11 Å². The molecule has 0 saturated carbocycles. The molecule has 1 aromatic carbocycles. The van der Waals surface area contributed by atoms with Crippen molar-refractivity contribution in [3.63, 3.8) is 0 Å². The van der Waals surface area contributed by atoms with Crippen LogP contribution in [0.5, 0.6) is 0 Å². The van der Waals surface area contributed by atoms with E-state index in [1.807, 2.05) is 24.3 Å². The summed E-state index contributed by atoms with van der Waals surface area (Å²) in [6.45, 7) is 4.26. The number of hydrogen-bond donors (Lipinski definition) is 1. The summed E-state index contributed by atoms with van der Waals surface area (Å²) >= 11 is 0. The molecule has 3 nitrogen and oxygen atoms in total. The molecule has 1 N–H and O–H groups in total. The van der Waals surface area contributed by atoms with Crippen molar-refractivity contribution in [2.45, 2.75) is 26.2 Å². The van der Waals surface area contributed by atoms with Gasteiger partial charge in [0.15, 0.2) is 0 Å². The summed E-state index contributed by atoms with van der Waals surface area (Å²) in [5.74, 6) is 0.429. The fourth-order valence-corrected chi connectivity index (χ4v) is 1.42. The fourth-order valence-electron chi connectivity index (χ4n) is 1.42. The van der Waals surface area contributed by atoms with Gasteiger partial charge in [-0.05, 0) is 24.0 Å². The molecule has 0 aliphatic carbocycles. The molecule has 15 heavy (non-hydrogen) atoms. The van der Waals surface area contributed by atoms with Crippen LogP contribution in [0.2, 0.25) is 0 Å². The Morgan fingerprint density at radius 1 is 1.47 bits per heavy atom. The number of amides is 1. The van der Waals surface area contributed by atoms with Crippen molar-refractivity contribution in [2.24, 2.45) is 0 Å². The zero-order valence-corrected chi connectivity index (χ0v) is 9.41. The maximum Gasteiger partial charge on any atom is 0.411 e. The number of benzene rings is 1. The first kappa shape index (κ1) is 11.6. The number of para-hydroxylation sites is 1. The second-order valence-electron chi connectivity index (χ2n) is 3.51. The van der Waals surface area contributed by atoms with E-state index in [0.29, 0.717) is 5.92 Å².